The fourth-order valence-corrected chi connectivity index (χ4v) is 3.00. The standard InChI is InChI=1S/C9H20N2O4S/c1-2-5-10-16(13,14)11-9(8-12)3-6-15-7-4-9/h10-12H,2-8H2,1H3. The quantitative estimate of drug-likeness (QED) is 0.587. The van der Waals surface area contributed by atoms with Gasteiger partial charge in [-0.15, -0.1) is 0 Å². The normalized spacial score (nSPS) is 20.9. The summed E-state index contributed by atoms with van der Waals surface area (Å²) in [7, 11) is -3.53. The first-order valence-electron chi connectivity index (χ1n) is 5.51. The van der Waals surface area contributed by atoms with Crippen LogP contribution in [0.4, 0.5) is 0 Å². The van der Waals surface area contributed by atoms with Crippen molar-refractivity contribution in [3.63, 3.8) is 0 Å². The van der Waals surface area contributed by atoms with E-state index in [0.717, 1.165) is 6.42 Å². The lowest BCUT2D eigenvalue weighted by Gasteiger charge is -2.35. The highest BCUT2D eigenvalue weighted by Gasteiger charge is 2.35. The van der Waals surface area contributed by atoms with Crippen molar-refractivity contribution < 1.29 is 18.3 Å². The van der Waals surface area contributed by atoms with E-state index >= 15 is 0 Å². The average Bonchev–Trinajstić information content (AvgIpc) is 2.27. The van der Waals surface area contributed by atoms with Gasteiger partial charge in [-0.05, 0) is 19.3 Å². The Bertz CT molecular complexity index is 299. The zero-order valence-corrected chi connectivity index (χ0v) is 10.3. The average molecular weight is 252 g/mol. The number of aliphatic hydroxyl groups excluding tert-OH is 1. The molecule has 0 aliphatic carbocycles. The van der Waals surface area contributed by atoms with Crippen LogP contribution in [0.2, 0.25) is 0 Å². The van der Waals surface area contributed by atoms with E-state index in [0.29, 0.717) is 32.6 Å². The van der Waals surface area contributed by atoms with Crippen LogP contribution in [0.3, 0.4) is 0 Å². The van der Waals surface area contributed by atoms with E-state index in [2.05, 4.69) is 9.44 Å². The molecule has 0 saturated carbocycles. The smallest absolute Gasteiger partial charge is 0.277 e. The molecule has 96 valence electrons. The first kappa shape index (κ1) is 13.9. The number of ether oxygens (including phenoxy) is 1. The van der Waals surface area contributed by atoms with Crippen LogP contribution in [-0.4, -0.2) is 45.4 Å². The van der Waals surface area contributed by atoms with E-state index < -0.39 is 15.7 Å². The fourth-order valence-electron chi connectivity index (χ4n) is 1.61. The van der Waals surface area contributed by atoms with Crippen LogP contribution < -0.4 is 9.44 Å². The summed E-state index contributed by atoms with van der Waals surface area (Å²) in [5, 5.41) is 9.32. The molecule has 0 radical (unpaired) electrons. The van der Waals surface area contributed by atoms with E-state index in [1.165, 1.54) is 0 Å². The summed E-state index contributed by atoms with van der Waals surface area (Å²) >= 11 is 0. The molecule has 0 amide bonds. The van der Waals surface area contributed by atoms with Crippen LogP contribution >= 0.6 is 0 Å². The molecule has 1 aliphatic heterocycles. The lowest BCUT2D eigenvalue weighted by Crippen LogP contribution is -2.57. The molecule has 1 fully saturated rings. The second-order valence-corrected chi connectivity index (χ2v) is 5.55. The maximum Gasteiger partial charge on any atom is 0.277 e. The van der Waals surface area contributed by atoms with Crippen molar-refractivity contribution in [2.75, 3.05) is 26.4 Å². The molecular weight excluding hydrogens is 232 g/mol. The van der Waals surface area contributed by atoms with Gasteiger partial charge in [-0.1, -0.05) is 6.92 Å². The summed E-state index contributed by atoms with van der Waals surface area (Å²) in [6.45, 7) is 3.02. The molecule has 0 atom stereocenters. The second kappa shape index (κ2) is 5.92. The van der Waals surface area contributed by atoms with Gasteiger partial charge in [0.2, 0.25) is 0 Å². The third kappa shape index (κ3) is 3.99. The Morgan fingerprint density at radius 2 is 2.00 bits per heavy atom. The lowest BCUT2D eigenvalue weighted by atomic mass is 9.93. The van der Waals surface area contributed by atoms with Gasteiger partial charge >= 0.3 is 0 Å². The molecule has 7 heteroatoms. The van der Waals surface area contributed by atoms with Crippen molar-refractivity contribution in [2.24, 2.45) is 0 Å². The predicted octanol–water partition coefficient (Wildman–Crippen LogP) is -0.638. The van der Waals surface area contributed by atoms with Crippen molar-refractivity contribution >= 4 is 10.2 Å². The summed E-state index contributed by atoms with van der Waals surface area (Å²) < 4.78 is 33.4. The first-order valence-corrected chi connectivity index (χ1v) is 6.99. The Hall–Kier alpha value is -0.210. The maximum atomic E-state index is 11.6. The third-order valence-electron chi connectivity index (χ3n) is 2.65. The molecular formula is C9H20N2O4S. The predicted molar refractivity (Wildman–Crippen MR) is 60.2 cm³/mol. The molecule has 1 rings (SSSR count). The highest BCUT2D eigenvalue weighted by Crippen LogP contribution is 2.20. The first-order chi connectivity index (χ1) is 7.54. The van der Waals surface area contributed by atoms with Crippen molar-refractivity contribution in [1.29, 1.82) is 0 Å². The minimum Gasteiger partial charge on any atom is -0.394 e. The second-order valence-electron chi connectivity index (χ2n) is 4.05. The Kier molecular flexibility index (Phi) is 5.13. The molecule has 0 aromatic rings. The van der Waals surface area contributed by atoms with Gasteiger partial charge in [0.05, 0.1) is 12.1 Å². The number of nitrogens with one attached hydrogen (secondary N) is 2. The molecule has 0 bridgehead atoms. The van der Waals surface area contributed by atoms with E-state index in [4.69, 9.17) is 4.74 Å². The van der Waals surface area contributed by atoms with Crippen molar-refractivity contribution in [3.8, 4) is 0 Å². The van der Waals surface area contributed by atoms with Crippen LogP contribution in [0, 0.1) is 0 Å². The Morgan fingerprint density at radius 3 is 2.50 bits per heavy atom. The molecule has 3 N–H and O–H groups in total. The minimum absolute atomic E-state index is 0.205. The van der Waals surface area contributed by atoms with Crippen LogP contribution in [-0.2, 0) is 14.9 Å². The number of hydrogen-bond acceptors (Lipinski definition) is 4. The molecule has 1 aliphatic rings. The summed E-state index contributed by atoms with van der Waals surface area (Å²) in [6.07, 6.45) is 1.73. The monoisotopic (exact) mass is 252 g/mol. The van der Waals surface area contributed by atoms with E-state index in [9.17, 15) is 13.5 Å². The lowest BCUT2D eigenvalue weighted by molar-refractivity contribution is 0.0221. The molecule has 6 nitrogen and oxygen atoms in total. The molecule has 1 heterocycles. The number of aliphatic hydroxyl groups is 1. The van der Waals surface area contributed by atoms with Gasteiger partial charge in [-0.3, -0.25) is 0 Å². The fraction of sp³-hybridized carbons (Fsp3) is 1.00. The Labute approximate surface area is 96.6 Å². The maximum absolute atomic E-state index is 11.6. The van der Waals surface area contributed by atoms with Crippen LogP contribution in [0.25, 0.3) is 0 Å². The third-order valence-corrected chi connectivity index (χ3v) is 3.93. The molecule has 0 spiro atoms. The van der Waals surface area contributed by atoms with E-state index in [-0.39, 0.29) is 6.61 Å². The van der Waals surface area contributed by atoms with E-state index in [1.807, 2.05) is 6.92 Å². The Balaban J connectivity index is 2.61. The summed E-state index contributed by atoms with van der Waals surface area (Å²) in [5.74, 6) is 0. The zero-order valence-electron chi connectivity index (χ0n) is 9.53. The van der Waals surface area contributed by atoms with Gasteiger partial charge in [-0.25, -0.2) is 4.72 Å². The summed E-state index contributed by atoms with van der Waals surface area (Å²) in [5.41, 5.74) is -0.766. The molecule has 0 aromatic carbocycles. The molecule has 0 unspecified atom stereocenters. The topological polar surface area (TPSA) is 87.7 Å². The van der Waals surface area contributed by atoms with Crippen LogP contribution in [0.1, 0.15) is 26.2 Å². The minimum atomic E-state index is -3.53. The van der Waals surface area contributed by atoms with Crippen LogP contribution in [0.5, 0.6) is 0 Å². The van der Waals surface area contributed by atoms with Crippen molar-refractivity contribution in [3.05, 3.63) is 0 Å². The van der Waals surface area contributed by atoms with Gasteiger partial charge in [0.1, 0.15) is 0 Å². The van der Waals surface area contributed by atoms with Crippen molar-refractivity contribution in [1.82, 2.24) is 9.44 Å². The van der Waals surface area contributed by atoms with Gasteiger partial charge in [0, 0.05) is 19.8 Å². The summed E-state index contributed by atoms with van der Waals surface area (Å²) in [6, 6.07) is 0. The molecule has 1 saturated heterocycles. The van der Waals surface area contributed by atoms with Gasteiger partial charge in [0.15, 0.2) is 0 Å². The number of hydrogen-bond donors (Lipinski definition) is 3. The van der Waals surface area contributed by atoms with Gasteiger partial charge in [-0.2, -0.15) is 13.1 Å². The van der Waals surface area contributed by atoms with Gasteiger partial charge < -0.3 is 9.84 Å². The molecule has 0 aromatic heterocycles. The SMILES string of the molecule is CCCNS(=O)(=O)NC1(CO)CCOCC1. The number of rotatable bonds is 6. The summed E-state index contributed by atoms with van der Waals surface area (Å²) in [4.78, 5) is 0. The largest absolute Gasteiger partial charge is 0.394 e. The van der Waals surface area contributed by atoms with Crippen molar-refractivity contribution in [2.45, 2.75) is 31.7 Å². The molecule has 16 heavy (non-hydrogen) atoms. The van der Waals surface area contributed by atoms with E-state index in [1.54, 1.807) is 0 Å². The van der Waals surface area contributed by atoms with Gasteiger partial charge in [0.25, 0.3) is 10.2 Å². The van der Waals surface area contributed by atoms with Crippen LogP contribution in [0.15, 0.2) is 0 Å². The highest BCUT2D eigenvalue weighted by molar-refractivity contribution is 7.87. The highest BCUT2D eigenvalue weighted by atomic mass is 32.2. The zero-order chi connectivity index (χ0) is 12.1. The Morgan fingerprint density at radius 1 is 1.38 bits per heavy atom.